The van der Waals surface area contributed by atoms with E-state index in [1.54, 1.807) is 30.5 Å². The largest absolute Gasteiger partial charge is 0.298 e. The Morgan fingerprint density at radius 2 is 1.81 bits per heavy atom. The molecule has 1 aromatic heterocycles. The molecule has 0 N–H and O–H groups in total. The van der Waals surface area contributed by atoms with Gasteiger partial charge in [0.05, 0.1) is 0 Å². The van der Waals surface area contributed by atoms with Gasteiger partial charge in [-0.3, -0.25) is 9.78 Å². The highest BCUT2D eigenvalue weighted by atomic mass is 35.5. The summed E-state index contributed by atoms with van der Waals surface area (Å²) in [5.74, 6) is 0. The van der Waals surface area contributed by atoms with Crippen LogP contribution in [0, 0.1) is 0 Å². The van der Waals surface area contributed by atoms with Crippen molar-refractivity contribution < 1.29 is 4.79 Å². The van der Waals surface area contributed by atoms with Gasteiger partial charge in [0, 0.05) is 39.1 Å². The van der Waals surface area contributed by atoms with Crippen LogP contribution in [0.1, 0.15) is 10.4 Å². The van der Waals surface area contributed by atoms with E-state index in [0.29, 0.717) is 21.2 Å². The Morgan fingerprint density at radius 3 is 2.44 bits per heavy atom. The standard InChI is InChI=1S/C12H7Cl2NO/c13-10-2-1-3-11(14)12(10)9-4-8(7-16)5-15-6-9/h1-7H. The molecular formula is C12H7Cl2NO. The lowest BCUT2D eigenvalue weighted by Crippen LogP contribution is -1.87. The van der Waals surface area contributed by atoms with Gasteiger partial charge in [0.1, 0.15) is 0 Å². The minimum Gasteiger partial charge on any atom is -0.298 e. The summed E-state index contributed by atoms with van der Waals surface area (Å²) in [4.78, 5) is 14.6. The van der Waals surface area contributed by atoms with Crippen LogP contribution in [-0.2, 0) is 0 Å². The Balaban J connectivity index is 2.62. The highest BCUT2D eigenvalue weighted by molar-refractivity contribution is 6.39. The summed E-state index contributed by atoms with van der Waals surface area (Å²) in [5, 5.41) is 1.08. The van der Waals surface area contributed by atoms with Crippen LogP contribution in [0.3, 0.4) is 0 Å². The molecule has 0 unspecified atom stereocenters. The Morgan fingerprint density at radius 1 is 1.12 bits per heavy atom. The number of carbonyl (C=O) groups is 1. The van der Waals surface area contributed by atoms with E-state index in [1.165, 1.54) is 6.20 Å². The minimum absolute atomic E-state index is 0.494. The fourth-order valence-electron chi connectivity index (χ4n) is 1.43. The van der Waals surface area contributed by atoms with Gasteiger partial charge in [-0.15, -0.1) is 0 Å². The summed E-state index contributed by atoms with van der Waals surface area (Å²) in [6, 6.07) is 6.96. The minimum atomic E-state index is 0.494. The van der Waals surface area contributed by atoms with Crippen molar-refractivity contribution in [1.29, 1.82) is 0 Å². The molecule has 0 bridgehead atoms. The number of pyridine rings is 1. The van der Waals surface area contributed by atoms with Crippen LogP contribution in [0.15, 0.2) is 36.7 Å². The second kappa shape index (κ2) is 4.64. The number of carbonyl (C=O) groups excluding carboxylic acids is 1. The summed E-state index contributed by atoms with van der Waals surface area (Å²) in [6.45, 7) is 0. The fourth-order valence-corrected chi connectivity index (χ4v) is 2.05. The van der Waals surface area contributed by atoms with E-state index in [0.717, 1.165) is 11.8 Å². The number of hydrogen-bond acceptors (Lipinski definition) is 2. The third-order valence-electron chi connectivity index (χ3n) is 2.15. The molecule has 16 heavy (non-hydrogen) atoms. The zero-order chi connectivity index (χ0) is 11.5. The highest BCUT2D eigenvalue weighted by Gasteiger charge is 2.08. The summed E-state index contributed by atoms with van der Waals surface area (Å²) in [6.07, 6.45) is 3.85. The average molecular weight is 252 g/mol. The maximum Gasteiger partial charge on any atom is 0.151 e. The van der Waals surface area contributed by atoms with Gasteiger partial charge in [-0.05, 0) is 18.2 Å². The third kappa shape index (κ3) is 2.08. The van der Waals surface area contributed by atoms with Crippen LogP contribution in [0.4, 0.5) is 0 Å². The highest BCUT2D eigenvalue weighted by Crippen LogP contribution is 2.34. The lowest BCUT2D eigenvalue weighted by Gasteiger charge is -2.06. The van der Waals surface area contributed by atoms with Gasteiger partial charge in [-0.25, -0.2) is 0 Å². The predicted molar refractivity (Wildman–Crippen MR) is 65.1 cm³/mol. The monoisotopic (exact) mass is 251 g/mol. The molecule has 1 aromatic carbocycles. The Kier molecular flexibility index (Phi) is 3.22. The summed E-state index contributed by atoms with van der Waals surface area (Å²) >= 11 is 12.1. The number of aldehydes is 1. The SMILES string of the molecule is O=Cc1cncc(-c2c(Cl)cccc2Cl)c1. The molecule has 2 aromatic rings. The maximum atomic E-state index is 10.7. The molecule has 0 radical (unpaired) electrons. The van der Waals surface area contributed by atoms with Crippen LogP contribution >= 0.6 is 23.2 Å². The zero-order valence-electron chi connectivity index (χ0n) is 8.15. The Hall–Kier alpha value is -1.38. The Labute approximate surface area is 103 Å². The summed E-state index contributed by atoms with van der Waals surface area (Å²) in [7, 11) is 0. The van der Waals surface area contributed by atoms with E-state index in [-0.39, 0.29) is 0 Å². The van der Waals surface area contributed by atoms with E-state index in [9.17, 15) is 4.79 Å². The second-order valence-electron chi connectivity index (χ2n) is 3.22. The molecule has 0 spiro atoms. The van der Waals surface area contributed by atoms with Crippen LogP contribution in [-0.4, -0.2) is 11.3 Å². The smallest absolute Gasteiger partial charge is 0.151 e. The molecule has 0 aliphatic rings. The number of benzene rings is 1. The summed E-state index contributed by atoms with van der Waals surface area (Å²) in [5.41, 5.74) is 1.93. The van der Waals surface area contributed by atoms with Gasteiger partial charge >= 0.3 is 0 Å². The molecule has 0 aliphatic heterocycles. The first-order valence-corrected chi connectivity index (χ1v) is 5.32. The van der Waals surface area contributed by atoms with E-state index >= 15 is 0 Å². The molecule has 2 nitrogen and oxygen atoms in total. The molecule has 0 aliphatic carbocycles. The zero-order valence-corrected chi connectivity index (χ0v) is 9.66. The number of aromatic nitrogens is 1. The lowest BCUT2D eigenvalue weighted by molar-refractivity contribution is 0.112. The molecule has 1 heterocycles. The topological polar surface area (TPSA) is 30.0 Å². The van der Waals surface area contributed by atoms with Gasteiger partial charge in [-0.1, -0.05) is 29.3 Å². The molecule has 0 fully saturated rings. The van der Waals surface area contributed by atoms with Crippen molar-refractivity contribution in [1.82, 2.24) is 4.98 Å². The lowest BCUT2D eigenvalue weighted by atomic mass is 10.1. The molecule has 4 heteroatoms. The molecule has 0 saturated heterocycles. The van der Waals surface area contributed by atoms with E-state index in [4.69, 9.17) is 23.2 Å². The number of nitrogens with zero attached hydrogens (tertiary/aromatic N) is 1. The first-order chi connectivity index (χ1) is 7.72. The first-order valence-electron chi connectivity index (χ1n) is 4.57. The van der Waals surface area contributed by atoms with Crippen molar-refractivity contribution in [3.63, 3.8) is 0 Å². The van der Waals surface area contributed by atoms with Gasteiger partial charge in [0.15, 0.2) is 6.29 Å². The fraction of sp³-hybridized carbons (Fsp3) is 0. The third-order valence-corrected chi connectivity index (χ3v) is 2.78. The second-order valence-corrected chi connectivity index (χ2v) is 4.04. The average Bonchev–Trinajstić information content (AvgIpc) is 2.29. The van der Waals surface area contributed by atoms with E-state index < -0.39 is 0 Å². The van der Waals surface area contributed by atoms with Gasteiger partial charge in [0.25, 0.3) is 0 Å². The van der Waals surface area contributed by atoms with Crippen LogP contribution < -0.4 is 0 Å². The van der Waals surface area contributed by atoms with Crippen molar-refractivity contribution in [3.8, 4) is 11.1 Å². The number of rotatable bonds is 2. The van der Waals surface area contributed by atoms with Crippen molar-refractivity contribution in [2.75, 3.05) is 0 Å². The number of hydrogen-bond donors (Lipinski definition) is 0. The molecule has 0 amide bonds. The first kappa shape index (κ1) is 11.1. The van der Waals surface area contributed by atoms with Crippen molar-refractivity contribution in [2.45, 2.75) is 0 Å². The van der Waals surface area contributed by atoms with Crippen molar-refractivity contribution >= 4 is 29.5 Å². The van der Waals surface area contributed by atoms with Gasteiger partial charge in [0.2, 0.25) is 0 Å². The quantitative estimate of drug-likeness (QED) is 0.759. The van der Waals surface area contributed by atoms with E-state index in [2.05, 4.69) is 4.98 Å². The molecular weight excluding hydrogens is 245 g/mol. The normalized spacial score (nSPS) is 10.1. The van der Waals surface area contributed by atoms with Crippen LogP contribution in [0.5, 0.6) is 0 Å². The molecule has 80 valence electrons. The van der Waals surface area contributed by atoms with Crippen LogP contribution in [0.2, 0.25) is 10.0 Å². The van der Waals surface area contributed by atoms with Crippen molar-refractivity contribution in [3.05, 3.63) is 52.3 Å². The molecule has 0 atom stereocenters. The van der Waals surface area contributed by atoms with Crippen LogP contribution in [0.25, 0.3) is 11.1 Å². The van der Waals surface area contributed by atoms with Crippen molar-refractivity contribution in [2.24, 2.45) is 0 Å². The van der Waals surface area contributed by atoms with E-state index in [1.807, 2.05) is 0 Å². The molecule has 2 rings (SSSR count). The number of halogens is 2. The van der Waals surface area contributed by atoms with Gasteiger partial charge in [-0.2, -0.15) is 0 Å². The molecule has 0 saturated carbocycles. The maximum absolute atomic E-state index is 10.7. The predicted octanol–water partition coefficient (Wildman–Crippen LogP) is 3.87. The summed E-state index contributed by atoms with van der Waals surface area (Å²) < 4.78 is 0. The Bertz CT molecular complexity index is 520. The van der Waals surface area contributed by atoms with Gasteiger partial charge < -0.3 is 0 Å².